The van der Waals surface area contributed by atoms with Gasteiger partial charge in [-0.3, -0.25) is 0 Å². The molecule has 11 heavy (non-hydrogen) atoms. The van der Waals surface area contributed by atoms with E-state index in [1.54, 1.807) is 18.2 Å². The van der Waals surface area contributed by atoms with Crippen molar-refractivity contribution in [2.24, 2.45) is 0 Å². The van der Waals surface area contributed by atoms with Crippen LogP contribution in [0.25, 0.3) is 0 Å². The quantitative estimate of drug-likeness (QED) is 0.536. The van der Waals surface area contributed by atoms with Crippen LogP contribution < -0.4 is 0 Å². The Labute approximate surface area is 67.1 Å². The maximum Gasteiger partial charge on any atom is -0.870 e. The molecule has 0 unspecified atom stereocenters. The SMILES string of the molecule is Fc1ccccc1.[B+2]C.[OH-].[OH-]. The third-order valence-electron chi connectivity index (χ3n) is 0.733. The first kappa shape index (κ1) is 16.6. The van der Waals surface area contributed by atoms with E-state index in [0.717, 1.165) is 0 Å². The molecule has 0 fully saturated rings. The molecule has 2 nitrogen and oxygen atoms in total. The summed E-state index contributed by atoms with van der Waals surface area (Å²) in [7, 11) is 4.50. The average molecular weight is 156 g/mol. The Hall–Kier alpha value is -0.865. The largest absolute Gasteiger partial charge is 0.870 e. The molecule has 0 aliphatic heterocycles. The molecule has 0 heterocycles. The monoisotopic (exact) mass is 156 g/mol. The van der Waals surface area contributed by atoms with Crippen molar-refractivity contribution in [3.63, 3.8) is 0 Å². The van der Waals surface area contributed by atoms with Gasteiger partial charge in [0.25, 0.3) is 0 Å². The van der Waals surface area contributed by atoms with Crippen LogP contribution in [-0.4, -0.2) is 18.8 Å². The van der Waals surface area contributed by atoms with Gasteiger partial charge in [0, 0.05) is 0 Å². The molecule has 0 saturated heterocycles. The normalized spacial score (nSPS) is 6.18. The summed E-state index contributed by atoms with van der Waals surface area (Å²) in [6.07, 6.45) is 0. The van der Waals surface area contributed by atoms with Crippen LogP contribution in [0.2, 0.25) is 6.82 Å². The van der Waals surface area contributed by atoms with E-state index < -0.39 is 0 Å². The summed E-state index contributed by atoms with van der Waals surface area (Å²) in [5.41, 5.74) is 0. The molecule has 0 amide bonds. The average Bonchev–Trinajstić information content (AvgIpc) is 1.94. The topological polar surface area (TPSA) is 60.0 Å². The number of hydrogen-bond acceptors (Lipinski definition) is 2. The number of hydrogen-bond donors (Lipinski definition) is 0. The third-order valence-corrected chi connectivity index (χ3v) is 0.733. The first-order valence-electron chi connectivity index (χ1n) is 2.68. The van der Waals surface area contributed by atoms with E-state index in [1.807, 2.05) is 0 Å². The molecule has 4 heteroatoms. The van der Waals surface area contributed by atoms with E-state index in [9.17, 15) is 4.39 Å². The molecule has 0 saturated carbocycles. The van der Waals surface area contributed by atoms with Crippen LogP contribution in [0.4, 0.5) is 4.39 Å². The van der Waals surface area contributed by atoms with Gasteiger partial charge in [-0.05, 0) is 12.1 Å². The third kappa shape index (κ3) is 9.13. The Morgan fingerprint density at radius 2 is 1.36 bits per heavy atom. The summed E-state index contributed by atoms with van der Waals surface area (Å²) < 4.78 is 11.9. The van der Waals surface area contributed by atoms with Crippen LogP contribution >= 0.6 is 0 Å². The maximum absolute atomic E-state index is 11.9. The van der Waals surface area contributed by atoms with E-state index >= 15 is 0 Å². The van der Waals surface area contributed by atoms with Crippen LogP contribution in [-0.2, 0) is 0 Å². The van der Waals surface area contributed by atoms with Gasteiger partial charge in [0.15, 0.2) is 0 Å². The molecule has 0 atom stereocenters. The summed E-state index contributed by atoms with van der Waals surface area (Å²) >= 11 is 0. The van der Waals surface area contributed by atoms with Crippen molar-refractivity contribution in [3.8, 4) is 0 Å². The Bertz CT molecular complexity index is 146. The van der Waals surface area contributed by atoms with Crippen LogP contribution in [0.1, 0.15) is 0 Å². The minimum Gasteiger partial charge on any atom is -0.870 e. The fourth-order valence-electron chi connectivity index (χ4n) is 0.415. The molecule has 0 bridgehead atoms. The van der Waals surface area contributed by atoms with E-state index in [2.05, 4.69) is 7.85 Å². The van der Waals surface area contributed by atoms with Gasteiger partial charge < -0.3 is 11.0 Å². The van der Waals surface area contributed by atoms with Gasteiger partial charge in [-0.2, -0.15) is 0 Å². The van der Waals surface area contributed by atoms with E-state index in [0.29, 0.717) is 0 Å². The van der Waals surface area contributed by atoms with Crippen LogP contribution in [0, 0.1) is 5.82 Å². The van der Waals surface area contributed by atoms with E-state index in [-0.39, 0.29) is 16.8 Å². The number of benzene rings is 1. The summed E-state index contributed by atoms with van der Waals surface area (Å²) in [5.74, 6) is -0.178. The summed E-state index contributed by atoms with van der Waals surface area (Å²) in [6.45, 7) is 1.50. The fourth-order valence-corrected chi connectivity index (χ4v) is 0.415. The molecule has 0 aliphatic carbocycles. The predicted molar refractivity (Wildman–Crippen MR) is 41.9 cm³/mol. The van der Waals surface area contributed by atoms with Crippen LogP contribution in [0.5, 0.6) is 0 Å². The molecule has 1 aromatic carbocycles. The van der Waals surface area contributed by atoms with Gasteiger partial charge in [0.2, 0.25) is 0 Å². The molecular weight excluding hydrogens is 146 g/mol. The van der Waals surface area contributed by atoms with Gasteiger partial charge in [0.05, 0.1) is 0 Å². The standard InChI is InChI=1S/C6H5F.CH3B.2H2O/c7-6-4-2-1-3-5-6;1-2;;/h1-5H;1H3;2*1H2/q;+2;;/p-2. The molecule has 1 rings (SSSR count). The van der Waals surface area contributed by atoms with Crippen molar-refractivity contribution in [1.29, 1.82) is 0 Å². The first-order valence-corrected chi connectivity index (χ1v) is 2.68. The zero-order valence-electron chi connectivity index (χ0n) is 6.24. The van der Waals surface area contributed by atoms with Gasteiger partial charge in [-0.1, -0.05) is 18.2 Å². The molecule has 0 radical (unpaired) electrons. The predicted octanol–water partition coefficient (Wildman–Crippen LogP) is 1.68. The Kier molecular flexibility index (Phi) is 17.9. The van der Waals surface area contributed by atoms with Crippen molar-refractivity contribution < 1.29 is 15.3 Å². The molecule has 2 N–H and O–H groups in total. The second-order valence-corrected chi connectivity index (χ2v) is 1.30. The first-order chi connectivity index (χ1) is 4.39. The number of rotatable bonds is 0. The van der Waals surface area contributed by atoms with Crippen LogP contribution in [0.15, 0.2) is 30.3 Å². The minimum atomic E-state index is -0.178. The zero-order chi connectivity index (χ0) is 7.11. The van der Waals surface area contributed by atoms with Gasteiger partial charge in [-0.15, -0.1) is 0 Å². The molecule has 1 aromatic rings. The minimum absolute atomic E-state index is 0. The molecule has 0 aliphatic rings. The Balaban J connectivity index is -0.000000149. The molecule has 60 valence electrons. The van der Waals surface area contributed by atoms with Gasteiger partial charge >= 0.3 is 14.7 Å². The fraction of sp³-hybridized carbons (Fsp3) is 0.143. The number of halogens is 1. The van der Waals surface area contributed by atoms with Gasteiger partial charge in [-0.25, -0.2) is 4.39 Å². The summed E-state index contributed by atoms with van der Waals surface area (Å²) in [4.78, 5) is 0. The van der Waals surface area contributed by atoms with Crippen molar-refractivity contribution in [1.82, 2.24) is 0 Å². The zero-order valence-corrected chi connectivity index (χ0v) is 6.24. The molecular formula is C7H10BFO2. The van der Waals surface area contributed by atoms with Crippen molar-refractivity contribution >= 4 is 7.85 Å². The second kappa shape index (κ2) is 11.9. The Morgan fingerprint density at radius 3 is 1.55 bits per heavy atom. The van der Waals surface area contributed by atoms with E-state index in [1.165, 1.54) is 19.0 Å². The van der Waals surface area contributed by atoms with Crippen molar-refractivity contribution in [2.75, 3.05) is 0 Å². The smallest absolute Gasteiger partial charge is 0.870 e. The Morgan fingerprint density at radius 1 is 1.00 bits per heavy atom. The second-order valence-electron chi connectivity index (χ2n) is 1.30. The van der Waals surface area contributed by atoms with Crippen molar-refractivity contribution in [3.05, 3.63) is 36.1 Å². The molecule has 0 aromatic heterocycles. The summed E-state index contributed by atoms with van der Waals surface area (Å²) in [6, 6.07) is 7.94. The maximum atomic E-state index is 11.9. The molecule has 0 spiro atoms. The van der Waals surface area contributed by atoms with Gasteiger partial charge in [0.1, 0.15) is 5.82 Å². The summed E-state index contributed by atoms with van der Waals surface area (Å²) in [5, 5.41) is 0. The van der Waals surface area contributed by atoms with E-state index in [4.69, 9.17) is 0 Å². The van der Waals surface area contributed by atoms with Crippen LogP contribution in [0.3, 0.4) is 0 Å². The van der Waals surface area contributed by atoms with Crippen molar-refractivity contribution in [2.45, 2.75) is 6.82 Å².